The van der Waals surface area contributed by atoms with Gasteiger partial charge in [-0.2, -0.15) is 0 Å². The van der Waals surface area contributed by atoms with E-state index >= 15 is 0 Å². The molecule has 0 spiro atoms. The first-order chi connectivity index (χ1) is 10.3. The second-order valence-electron chi connectivity index (χ2n) is 5.44. The van der Waals surface area contributed by atoms with Gasteiger partial charge < -0.3 is 5.32 Å². The van der Waals surface area contributed by atoms with E-state index in [1.54, 1.807) is 12.1 Å². The number of fused-ring (bicyclic) bond motifs is 2. The quantitative estimate of drug-likeness (QED) is 0.854. The fourth-order valence-electron chi connectivity index (χ4n) is 3.08. The molecule has 0 aliphatic carbocycles. The lowest BCUT2D eigenvalue weighted by Gasteiger charge is -2.29. The summed E-state index contributed by atoms with van der Waals surface area (Å²) < 4.78 is 13.6. The molecule has 0 bridgehead atoms. The Morgan fingerprint density at radius 1 is 0.952 bits per heavy atom. The maximum absolute atomic E-state index is 13.6. The van der Waals surface area contributed by atoms with Gasteiger partial charge in [-0.15, -0.1) is 23.5 Å². The molecule has 108 valence electrons. The van der Waals surface area contributed by atoms with E-state index in [4.69, 9.17) is 0 Å². The predicted octanol–water partition coefficient (Wildman–Crippen LogP) is 4.80. The van der Waals surface area contributed by atoms with Crippen LogP contribution in [0, 0.1) is 5.82 Å². The van der Waals surface area contributed by atoms with Gasteiger partial charge in [0.05, 0.1) is 0 Å². The number of benzene rings is 2. The molecule has 0 saturated carbocycles. The molecule has 2 aromatic carbocycles. The summed E-state index contributed by atoms with van der Waals surface area (Å²) in [5.41, 5.74) is 2.51. The largest absolute Gasteiger partial charge is 0.302 e. The molecule has 0 radical (unpaired) electrons. The van der Waals surface area contributed by atoms with E-state index in [9.17, 15) is 4.39 Å². The molecule has 0 saturated heterocycles. The molecule has 0 fully saturated rings. The molecule has 4 heteroatoms. The van der Waals surface area contributed by atoms with Crippen LogP contribution in [0.1, 0.15) is 29.6 Å². The predicted molar refractivity (Wildman–Crippen MR) is 87.5 cm³/mol. The van der Waals surface area contributed by atoms with E-state index in [1.807, 2.05) is 29.6 Å². The van der Waals surface area contributed by atoms with E-state index in [-0.39, 0.29) is 11.9 Å². The Bertz CT molecular complexity index is 674. The fraction of sp³-hybridized carbons (Fsp3) is 0.294. The molecule has 2 aliphatic rings. The standard InChI is InChI=1S/C17H16FNS2/c18-11-5-6-17-13(9-11)14(7-8-20-17)19-15-10-21-16-4-2-1-3-12(15)16/h1-6,9,14-15,19H,7-8,10H2. The maximum atomic E-state index is 13.6. The molecule has 1 N–H and O–H groups in total. The Hall–Kier alpha value is -0.970. The number of hydrogen-bond donors (Lipinski definition) is 1. The van der Waals surface area contributed by atoms with Crippen molar-refractivity contribution < 1.29 is 4.39 Å². The number of hydrogen-bond acceptors (Lipinski definition) is 3. The SMILES string of the molecule is Fc1ccc2c(c1)C(NC1CSc3ccccc31)CCS2. The van der Waals surface area contributed by atoms with Gasteiger partial charge in [-0.3, -0.25) is 0 Å². The molecule has 2 atom stereocenters. The summed E-state index contributed by atoms with van der Waals surface area (Å²) in [6, 6.07) is 14.4. The summed E-state index contributed by atoms with van der Waals surface area (Å²) in [4.78, 5) is 2.60. The lowest BCUT2D eigenvalue weighted by Crippen LogP contribution is -2.29. The van der Waals surface area contributed by atoms with Gasteiger partial charge in [-0.05, 0) is 47.6 Å². The van der Waals surface area contributed by atoms with Crippen molar-refractivity contribution in [3.05, 3.63) is 59.4 Å². The van der Waals surface area contributed by atoms with Crippen molar-refractivity contribution in [3.63, 3.8) is 0 Å². The van der Waals surface area contributed by atoms with Crippen LogP contribution in [0.5, 0.6) is 0 Å². The summed E-state index contributed by atoms with van der Waals surface area (Å²) in [7, 11) is 0. The van der Waals surface area contributed by atoms with Gasteiger partial charge in [-0.25, -0.2) is 4.39 Å². The minimum atomic E-state index is -0.135. The molecule has 2 heterocycles. The Labute approximate surface area is 132 Å². The van der Waals surface area contributed by atoms with E-state index in [1.165, 1.54) is 15.4 Å². The van der Waals surface area contributed by atoms with E-state index < -0.39 is 0 Å². The number of nitrogens with one attached hydrogen (secondary N) is 1. The topological polar surface area (TPSA) is 12.0 Å². The smallest absolute Gasteiger partial charge is 0.123 e. The molecule has 2 aromatic rings. The summed E-state index contributed by atoms with van der Waals surface area (Å²) in [6.45, 7) is 0. The van der Waals surface area contributed by atoms with Crippen molar-refractivity contribution in [2.45, 2.75) is 28.3 Å². The fourth-order valence-corrected chi connectivity index (χ4v) is 5.36. The first-order valence-corrected chi connectivity index (χ1v) is 9.18. The average molecular weight is 317 g/mol. The number of thioether (sulfide) groups is 2. The van der Waals surface area contributed by atoms with Crippen molar-refractivity contribution in [1.82, 2.24) is 5.32 Å². The highest BCUT2D eigenvalue weighted by Gasteiger charge is 2.28. The molecule has 0 aromatic heterocycles. The highest BCUT2D eigenvalue weighted by molar-refractivity contribution is 7.99. The van der Waals surface area contributed by atoms with Crippen molar-refractivity contribution in [3.8, 4) is 0 Å². The van der Waals surface area contributed by atoms with Crippen molar-refractivity contribution in [2.75, 3.05) is 11.5 Å². The second-order valence-corrected chi connectivity index (χ2v) is 7.64. The zero-order valence-electron chi connectivity index (χ0n) is 11.5. The van der Waals surface area contributed by atoms with Gasteiger partial charge in [-0.1, -0.05) is 18.2 Å². The summed E-state index contributed by atoms with van der Waals surface area (Å²) >= 11 is 3.74. The number of halogens is 1. The van der Waals surface area contributed by atoms with Crippen LogP contribution in [-0.2, 0) is 0 Å². The highest BCUT2D eigenvalue weighted by atomic mass is 32.2. The van der Waals surface area contributed by atoms with Gasteiger partial charge in [0.15, 0.2) is 0 Å². The molecule has 21 heavy (non-hydrogen) atoms. The van der Waals surface area contributed by atoms with Crippen molar-refractivity contribution in [2.24, 2.45) is 0 Å². The van der Waals surface area contributed by atoms with Gasteiger partial charge in [0, 0.05) is 27.6 Å². The third-order valence-corrected chi connectivity index (χ3v) is 6.42. The molecule has 2 aliphatic heterocycles. The van der Waals surface area contributed by atoms with Gasteiger partial charge in [0.1, 0.15) is 5.82 Å². The van der Waals surface area contributed by atoms with Crippen LogP contribution in [-0.4, -0.2) is 11.5 Å². The number of rotatable bonds is 2. The first-order valence-electron chi connectivity index (χ1n) is 7.21. The van der Waals surface area contributed by atoms with Crippen LogP contribution >= 0.6 is 23.5 Å². The van der Waals surface area contributed by atoms with Crippen LogP contribution in [0.4, 0.5) is 4.39 Å². The Kier molecular flexibility index (Phi) is 3.69. The van der Waals surface area contributed by atoms with Gasteiger partial charge in [0.25, 0.3) is 0 Å². The first kappa shape index (κ1) is 13.7. The van der Waals surface area contributed by atoms with Crippen LogP contribution in [0.2, 0.25) is 0 Å². The normalized spacial score (nSPS) is 23.7. The van der Waals surface area contributed by atoms with Crippen LogP contribution in [0.3, 0.4) is 0 Å². The summed E-state index contributed by atoms with van der Waals surface area (Å²) in [5, 5.41) is 3.76. The van der Waals surface area contributed by atoms with E-state index in [2.05, 4.69) is 29.6 Å². The van der Waals surface area contributed by atoms with Gasteiger partial charge in [0.2, 0.25) is 0 Å². The lowest BCUT2D eigenvalue weighted by molar-refractivity contribution is 0.452. The van der Waals surface area contributed by atoms with Crippen molar-refractivity contribution >= 4 is 23.5 Å². The zero-order chi connectivity index (χ0) is 14.2. The second kappa shape index (κ2) is 5.67. The highest BCUT2D eigenvalue weighted by Crippen LogP contribution is 2.42. The molecule has 4 rings (SSSR count). The molecule has 0 amide bonds. The van der Waals surface area contributed by atoms with Gasteiger partial charge >= 0.3 is 0 Å². The third kappa shape index (κ3) is 2.60. The Balaban J connectivity index is 1.61. The minimum absolute atomic E-state index is 0.135. The van der Waals surface area contributed by atoms with Crippen LogP contribution in [0.25, 0.3) is 0 Å². The maximum Gasteiger partial charge on any atom is 0.123 e. The monoisotopic (exact) mass is 317 g/mol. The summed E-state index contributed by atoms with van der Waals surface area (Å²) in [6.07, 6.45) is 1.06. The molecular formula is C17H16FNS2. The Morgan fingerprint density at radius 3 is 2.76 bits per heavy atom. The average Bonchev–Trinajstić information content (AvgIpc) is 2.91. The molecule has 1 nitrogen and oxygen atoms in total. The van der Waals surface area contributed by atoms with E-state index in [0.29, 0.717) is 6.04 Å². The van der Waals surface area contributed by atoms with Crippen molar-refractivity contribution in [1.29, 1.82) is 0 Å². The van der Waals surface area contributed by atoms with Crippen LogP contribution in [0.15, 0.2) is 52.3 Å². The molecular weight excluding hydrogens is 301 g/mol. The van der Waals surface area contributed by atoms with Crippen LogP contribution < -0.4 is 5.32 Å². The summed E-state index contributed by atoms with van der Waals surface area (Å²) in [5.74, 6) is 2.02. The Morgan fingerprint density at radius 2 is 1.81 bits per heavy atom. The minimum Gasteiger partial charge on any atom is -0.302 e. The molecule has 2 unspecified atom stereocenters. The van der Waals surface area contributed by atoms with E-state index in [0.717, 1.165) is 23.5 Å². The third-order valence-electron chi connectivity index (χ3n) is 4.11. The zero-order valence-corrected chi connectivity index (χ0v) is 13.1. The lowest BCUT2D eigenvalue weighted by atomic mass is 10.0.